The number of halogens is 1. The predicted octanol–water partition coefficient (Wildman–Crippen LogP) is 5.44. The molecule has 0 radical (unpaired) electrons. The molecule has 6 nitrogen and oxygen atoms in total. The summed E-state index contributed by atoms with van der Waals surface area (Å²) in [6, 6.07) is 8.17. The quantitative estimate of drug-likeness (QED) is 0.469. The second kappa shape index (κ2) is 9.10. The first-order valence-corrected chi connectivity index (χ1v) is 13.6. The number of hydrogen-bond acceptors (Lipinski definition) is 5. The summed E-state index contributed by atoms with van der Waals surface area (Å²) in [5.74, 6) is 1.04. The van der Waals surface area contributed by atoms with Gasteiger partial charge in [-0.05, 0) is 56.9 Å². The van der Waals surface area contributed by atoms with Gasteiger partial charge in [0, 0.05) is 64.8 Å². The number of hydrogen-bond donors (Lipinski definition) is 0. The Morgan fingerprint density at radius 1 is 1.20 bits per heavy atom. The van der Waals surface area contributed by atoms with Crippen LogP contribution in [-0.4, -0.2) is 51.8 Å². The van der Waals surface area contributed by atoms with Gasteiger partial charge in [-0.25, -0.2) is 0 Å². The number of likely N-dealkylation sites (tertiary alicyclic amines) is 2. The van der Waals surface area contributed by atoms with Crippen molar-refractivity contribution in [2.24, 2.45) is 0 Å². The van der Waals surface area contributed by atoms with E-state index in [1.807, 2.05) is 28.0 Å². The number of rotatable bonds is 4. The fourth-order valence-corrected chi connectivity index (χ4v) is 6.93. The van der Waals surface area contributed by atoms with Crippen molar-refractivity contribution in [3.8, 4) is 16.9 Å². The minimum absolute atomic E-state index is 0.0747. The van der Waals surface area contributed by atoms with Crippen LogP contribution in [0.4, 0.5) is 0 Å². The lowest BCUT2D eigenvalue weighted by atomic mass is 10.0. The molecule has 0 N–H and O–H groups in total. The number of amides is 2. The Morgan fingerprint density at radius 2 is 2.03 bits per heavy atom. The van der Waals surface area contributed by atoms with Crippen LogP contribution in [0.2, 0.25) is 5.02 Å². The first-order chi connectivity index (χ1) is 17.0. The molecule has 2 unspecified atom stereocenters. The van der Waals surface area contributed by atoms with Crippen molar-refractivity contribution in [1.29, 1.82) is 0 Å². The molecule has 0 aliphatic carbocycles. The van der Waals surface area contributed by atoms with Crippen LogP contribution in [0.3, 0.4) is 0 Å². The molecule has 6 rings (SSSR count). The van der Waals surface area contributed by atoms with Crippen LogP contribution in [-0.2, 0) is 22.6 Å². The number of carbonyl (C=O) groups excluding carboxylic acids is 2. The van der Waals surface area contributed by atoms with E-state index in [-0.39, 0.29) is 17.9 Å². The molecule has 35 heavy (non-hydrogen) atoms. The Bertz CT molecular complexity index is 1320. The Balaban J connectivity index is 1.33. The van der Waals surface area contributed by atoms with Crippen molar-refractivity contribution in [3.63, 3.8) is 0 Å². The Labute approximate surface area is 213 Å². The summed E-state index contributed by atoms with van der Waals surface area (Å²) < 4.78 is 7.38. The lowest BCUT2D eigenvalue weighted by Crippen LogP contribution is -2.43. The average molecular weight is 510 g/mol. The molecule has 2 atom stereocenters. The molecule has 0 bridgehead atoms. The van der Waals surface area contributed by atoms with Gasteiger partial charge in [0.2, 0.25) is 5.91 Å². The van der Waals surface area contributed by atoms with Gasteiger partial charge >= 0.3 is 0 Å². The lowest BCUT2D eigenvalue weighted by Gasteiger charge is -2.28. The Morgan fingerprint density at radius 3 is 2.80 bits per heavy atom. The van der Waals surface area contributed by atoms with E-state index in [4.69, 9.17) is 16.3 Å². The van der Waals surface area contributed by atoms with E-state index in [9.17, 15) is 9.59 Å². The number of carbonyl (C=O) groups is 2. The average Bonchev–Trinajstić information content (AvgIpc) is 3.56. The van der Waals surface area contributed by atoms with Crippen molar-refractivity contribution in [2.45, 2.75) is 64.1 Å². The van der Waals surface area contributed by atoms with Gasteiger partial charge in [0.25, 0.3) is 5.91 Å². The highest BCUT2D eigenvalue weighted by Crippen LogP contribution is 2.45. The monoisotopic (exact) mass is 509 g/mol. The lowest BCUT2D eigenvalue weighted by molar-refractivity contribution is -0.138. The third kappa shape index (κ3) is 4.19. The third-order valence-corrected chi connectivity index (χ3v) is 8.81. The molecule has 3 aliphatic heterocycles. The van der Waals surface area contributed by atoms with Gasteiger partial charge in [0.05, 0.1) is 16.8 Å². The number of thiophene rings is 1. The van der Waals surface area contributed by atoms with Crippen LogP contribution >= 0.6 is 22.9 Å². The molecule has 0 saturated carbocycles. The molecule has 1 aromatic carbocycles. The van der Waals surface area contributed by atoms with Crippen LogP contribution in [0, 0.1) is 0 Å². The zero-order valence-electron chi connectivity index (χ0n) is 19.8. The van der Waals surface area contributed by atoms with Crippen LogP contribution in [0.1, 0.15) is 49.5 Å². The van der Waals surface area contributed by atoms with E-state index in [1.54, 1.807) is 17.5 Å². The fourth-order valence-electron chi connectivity index (χ4n) is 5.55. The molecule has 0 spiro atoms. The van der Waals surface area contributed by atoms with Gasteiger partial charge < -0.3 is 14.5 Å². The van der Waals surface area contributed by atoms with E-state index < -0.39 is 6.10 Å². The number of piperidine rings is 1. The van der Waals surface area contributed by atoms with Gasteiger partial charge in [0.15, 0.2) is 6.10 Å². The Kier molecular flexibility index (Phi) is 5.93. The van der Waals surface area contributed by atoms with Crippen LogP contribution in [0.15, 0.2) is 30.5 Å². The van der Waals surface area contributed by atoms with Gasteiger partial charge in [-0.3, -0.25) is 14.6 Å². The molecular weight excluding hydrogens is 482 g/mol. The number of pyridine rings is 1. The molecular formula is C27H28ClN3O3S. The summed E-state index contributed by atoms with van der Waals surface area (Å²) in [6.45, 7) is 4.33. The molecule has 2 amide bonds. The number of fused-ring (bicyclic) bond motifs is 2. The van der Waals surface area contributed by atoms with Gasteiger partial charge in [-0.15, -0.1) is 11.3 Å². The van der Waals surface area contributed by atoms with Crippen molar-refractivity contribution in [3.05, 3.63) is 45.9 Å². The molecule has 2 saturated heterocycles. The highest BCUT2D eigenvalue weighted by Gasteiger charge is 2.35. The molecule has 2 aromatic heterocycles. The molecule has 3 aliphatic rings. The molecule has 3 aromatic rings. The van der Waals surface area contributed by atoms with E-state index >= 15 is 0 Å². The number of aromatic nitrogens is 1. The zero-order chi connectivity index (χ0) is 24.1. The number of benzene rings is 1. The summed E-state index contributed by atoms with van der Waals surface area (Å²) in [5.41, 5.74) is 3.76. The summed E-state index contributed by atoms with van der Waals surface area (Å²) >= 11 is 8.21. The van der Waals surface area contributed by atoms with Crippen molar-refractivity contribution in [2.75, 3.05) is 13.1 Å². The summed E-state index contributed by atoms with van der Waals surface area (Å²) in [6.07, 6.45) is 6.67. The van der Waals surface area contributed by atoms with E-state index in [2.05, 4.69) is 18.0 Å². The molecule has 8 heteroatoms. The number of ether oxygens (including phenoxy) is 1. The second-order valence-electron chi connectivity index (χ2n) is 9.83. The van der Waals surface area contributed by atoms with Crippen LogP contribution in [0.25, 0.3) is 21.3 Å². The van der Waals surface area contributed by atoms with Crippen molar-refractivity contribution < 1.29 is 14.3 Å². The SMILES string of the molecule is CC1CCC(=O)N1Cc1cc2nccc(-c3cc(Cl)cc4c3OC(C(=O)N3CCCCC3)C4)c2s1. The van der Waals surface area contributed by atoms with Gasteiger partial charge in [-0.1, -0.05) is 11.6 Å². The maximum atomic E-state index is 13.2. The second-order valence-corrected chi connectivity index (χ2v) is 11.4. The maximum absolute atomic E-state index is 13.2. The summed E-state index contributed by atoms with van der Waals surface area (Å²) in [4.78, 5) is 35.1. The summed E-state index contributed by atoms with van der Waals surface area (Å²) in [5, 5.41) is 0.631. The van der Waals surface area contributed by atoms with Gasteiger partial charge in [-0.2, -0.15) is 0 Å². The zero-order valence-corrected chi connectivity index (χ0v) is 21.3. The van der Waals surface area contributed by atoms with Gasteiger partial charge in [0.1, 0.15) is 5.75 Å². The smallest absolute Gasteiger partial charge is 0.263 e. The molecule has 5 heterocycles. The molecule has 2 fully saturated rings. The fraction of sp³-hybridized carbons (Fsp3) is 0.444. The minimum atomic E-state index is -0.501. The third-order valence-electron chi connectivity index (χ3n) is 7.45. The Hall–Kier alpha value is -2.64. The van der Waals surface area contributed by atoms with Crippen LogP contribution in [0.5, 0.6) is 5.75 Å². The highest BCUT2D eigenvalue weighted by molar-refractivity contribution is 7.19. The maximum Gasteiger partial charge on any atom is 0.263 e. The summed E-state index contributed by atoms with van der Waals surface area (Å²) in [7, 11) is 0. The standard InChI is InChI=1S/C27H28ClN3O3S/c1-16-5-6-24(32)31(16)15-19-14-22-26(35-19)20(7-8-29-22)21-13-18(28)11-17-12-23(34-25(17)21)27(33)30-9-3-2-4-10-30/h7-8,11,13-14,16,23H,2-6,9-10,12,15H2,1H3. The topological polar surface area (TPSA) is 62.7 Å². The highest BCUT2D eigenvalue weighted by atomic mass is 35.5. The van der Waals surface area contributed by atoms with E-state index in [0.717, 1.165) is 69.9 Å². The van der Waals surface area contributed by atoms with Crippen LogP contribution < -0.4 is 4.74 Å². The first kappa shape index (κ1) is 22.8. The van der Waals surface area contributed by atoms with E-state index in [0.29, 0.717) is 24.4 Å². The first-order valence-electron chi connectivity index (χ1n) is 12.4. The van der Waals surface area contributed by atoms with Crippen molar-refractivity contribution >= 4 is 45.0 Å². The van der Waals surface area contributed by atoms with E-state index in [1.165, 1.54) is 6.42 Å². The largest absolute Gasteiger partial charge is 0.479 e. The minimum Gasteiger partial charge on any atom is -0.479 e. The normalized spacial score (nSPS) is 22.1. The van der Waals surface area contributed by atoms with Crippen molar-refractivity contribution in [1.82, 2.24) is 14.8 Å². The number of nitrogens with zero attached hydrogens (tertiary/aromatic N) is 3. The molecule has 182 valence electrons. The predicted molar refractivity (Wildman–Crippen MR) is 138 cm³/mol.